The molecule has 0 N–H and O–H groups in total. The highest BCUT2D eigenvalue weighted by Gasteiger charge is 2.22. The van der Waals surface area contributed by atoms with Gasteiger partial charge in [-0.05, 0) is 60.0 Å². The van der Waals surface area contributed by atoms with Crippen LogP contribution in [-0.2, 0) is 24.8 Å². The van der Waals surface area contributed by atoms with E-state index in [0.29, 0.717) is 24.6 Å². The molecule has 1 aliphatic heterocycles. The second kappa shape index (κ2) is 11.5. The molecule has 0 radical (unpaired) electrons. The first-order valence-corrected chi connectivity index (χ1v) is 11.1. The highest BCUT2D eigenvalue weighted by atomic mass is 35.5. The van der Waals surface area contributed by atoms with E-state index in [9.17, 15) is 4.79 Å². The maximum absolute atomic E-state index is 13.2. The lowest BCUT2D eigenvalue weighted by Gasteiger charge is -2.28. The van der Waals surface area contributed by atoms with Crippen LogP contribution in [0.4, 0.5) is 0 Å². The lowest BCUT2D eigenvalue weighted by Crippen LogP contribution is -2.34. The Morgan fingerprint density at radius 3 is 2.39 bits per heavy atom. The molecular formula is C27H28Cl2N4O3. The maximum Gasteiger partial charge on any atom is 0.246 e. The summed E-state index contributed by atoms with van der Waals surface area (Å²) in [7, 11) is 5.25. The van der Waals surface area contributed by atoms with Gasteiger partial charge in [-0.3, -0.25) is 9.78 Å². The van der Waals surface area contributed by atoms with Crippen molar-refractivity contribution in [3.05, 3.63) is 77.8 Å². The Bertz CT molecular complexity index is 1400. The van der Waals surface area contributed by atoms with E-state index in [2.05, 4.69) is 14.5 Å². The van der Waals surface area contributed by atoms with E-state index in [4.69, 9.17) is 9.47 Å². The fourth-order valence-corrected chi connectivity index (χ4v) is 4.65. The molecule has 0 fully saturated rings. The molecule has 188 valence electrons. The number of fused-ring (bicyclic) bond motifs is 2. The highest BCUT2D eigenvalue weighted by molar-refractivity contribution is 6.00. The van der Waals surface area contributed by atoms with E-state index >= 15 is 0 Å². The molecule has 0 unspecified atom stereocenters. The highest BCUT2D eigenvalue weighted by Crippen LogP contribution is 2.34. The molecule has 5 rings (SSSR count). The maximum atomic E-state index is 13.2. The van der Waals surface area contributed by atoms with Gasteiger partial charge in [-0.1, -0.05) is 0 Å². The van der Waals surface area contributed by atoms with E-state index < -0.39 is 0 Å². The number of hydrogen-bond acceptors (Lipinski definition) is 5. The van der Waals surface area contributed by atoms with Gasteiger partial charge < -0.3 is 18.9 Å². The first kappa shape index (κ1) is 27.0. The number of ether oxygens (including phenoxy) is 2. The Labute approximate surface area is 222 Å². The van der Waals surface area contributed by atoms with Crippen LogP contribution in [0.1, 0.15) is 16.7 Å². The number of nitrogens with zero attached hydrogens (tertiary/aromatic N) is 4. The number of halogens is 2. The molecule has 0 spiro atoms. The van der Waals surface area contributed by atoms with Gasteiger partial charge in [0.25, 0.3) is 0 Å². The van der Waals surface area contributed by atoms with Gasteiger partial charge in [0.05, 0.1) is 19.9 Å². The third kappa shape index (κ3) is 4.90. The van der Waals surface area contributed by atoms with Gasteiger partial charge in [-0.25, -0.2) is 4.98 Å². The number of rotatable bonds is 5. The Kier molecular flexibility index (Phi) is 8.61. The minimum atomic E-state index is -0.0259. The Hall–Kier alpha value is -3.55. The predicted octanol–water partition coefficient (Wildman–Crippen LogP) is 5.09. The average Bonchev–Trinajstić information content (AvgIpc) is 3.18. The van der Waals surface area contributed by atoms with Gasteiger partial charge in [0.1, 0.15) is 5.65 Å². The second-order valence-corrected chi connectivity index (χ2v) is 8.25. The molecule has 0 saturated carbocycles. The zero-order valence-corrected chi connectivity index (χ0v) is 21.9. The first-order chi connectivity index (χ1) is 16.6. The van der Waals surface area contributed by atoms with Gasteiger partial charge in [-0.15, -0.1) is 24.8 Å². The van der Waals surface area contributed by atoms with Crippen LogP contribution >= 0.6 is 24.8 Å². The predicted molar refractivity (Wildman–Crippen MR) is 146 cm³/mol. The van der Waals surface area contributed by atoms with Crippen molar-refractivity contribution in [3.8, 4) is 22.8 Å². The van der Waals surface area contributed by atoms with Crippen LogP contribution in [0.25, 0.3) is 28.4 Å². The molecule has 36 heavy (non-hydrogen) atoms. The summed E-state index contributed by atoms with van der Waals surface area (Å²) in [6.07, 6.45) is 9.67. The molecule has 1 amide bonds. The Balaban J connectivity index is 0.00000180. The summed E-state index contributed by atoms with van der Waals surface area (Å²) >= 11 is 0. The number of benzene rings is 1. The number of aromatic nitrogens is 3. The summed E-state index contributed by atoms with van der Waals surface area (Å²) in [5, 5.41) is 1.00. The van der Waals surface area contributed by atoms with Crippen LogP contribution in [-0.4, -0.2) is 46.1 Å². The summed E-state index contributed by atoms with van der Waals surface area (Å²) in [5.74, 6) is 1.37. The molecule has 1 aromatic carbocycles. The van der Waals surface area contributed by atoms with Gasteiger partial charge in [-0.2, -0.15) is 0 Å². The smallest absolute Gasteiger partial charge is 0.246 e. The van der Waals surface area contributed by atoms with Crippen LogP contribution < -0.4 is 9.47 Å². The van der Waals surface area contributed by atoms with Gasteiger partial charge in [0, 0.05) is 61.3 Å². The molecule has 3 aromatic heterocycles. The summed E-state index contributed by atoms with van der Waals surface area (Å²) in [5.41, 5.74) is 6.13. The lowest BCUT2D eigenvalue weighted by molar-refractivity contribution is -0.126. The van der Waals surface area contributed by atoms with Gasteiger partial charge >= 0.3 is 0 Å². The summed E-state index contributed by atoms with van der Waals surface area (Å²) in [6.45, 7) is 1.19. The molecule has 0 saturated heterocycles. The largest absolute Gasteiger partial charge is 0.493 e. The van der Waals surface area contributed by atoms with Crippen LogP contribution in [0.5, 0.6) is 11.5 Å². The van der Waals surface area contributed by atoms with Crippen molar-refractivity contribution in [1.29, 1.82) is 0 Å². The zero-order valence-electron chi connectivity index (χ0n) is 20.3. The van der Waals surface area contributed by atoms with Crippen LogP contribution in [0.15, 0.2) is 61.1 Å². The third-order valence-electron chi connectivity index (χ3n) is 6.36. The zero-order chi connectivity index (χ0) is 23.7. The van der Waals surface area contributed by atoms with Crippen molar-refractivity contribution in [2.45, 2.75) is 13.0 Å². The summed E-state index contributed by atoms with van der Waals surface area (Å²) in [6, 6.07) is 11.9. The van der Waals surface area contributed by atoms with Crippen molar-refractivity contribution in [2.75, 3.05) is 20.8 Å². The number of carbonyl (C=O) groups excluding carboxylic acids is 1. The molecule has 7 nitrogen and oxygen atoms in total. The minimum Gasteiger partial charge on any atom is -0.493 e. The van der Waals surface area contributed by atoms with E-state index in [-0.39, 0.29) is 30.7 Å². The minimum absolute atomic E-state index is 0. The molecule has 9 heteroatoms. The van der Waals surface area contributed by atoms with E-state index in [0.717, 1.165) is 39.8 Å². The van der Waals surface area contributed by atoms with Crippen LogP contribution in [0.2, 0.25) is 0 Å². The number of methoxy groups -OCH3 is 2. The van der Waals surface area contributed by atoms with Gasteiger partial charge in [0.15, 0.2) is 11.5 Å². The Morgan fingerprint density at radius 1 is 1.00 bits per heavy atom. The number of aryl methyl sites for hydroxylation is 1. The van der Waals surface area contributed by atoms with Crippen molar-refractivity contribution >= 4 is 47.8 Å². The van der Waals surface area contributed by atoms with E-state index in [1.54, 1.807) is 38.9 Å². The number of amides is 1. The number of hydrogen-bond donors (Lipinski definition) is 0. The Morgan fingerprint density at radius 2 is 1.69 bits per heavy atom. The third-order valence-corrected chi connectivity index (χ3v) is 6.36. The normalized spacial score (nSPS) is 12.6. The quantitative estimate of drug-likeness (QED) is 0.338. The van der Waals surface area contributed by atoms with Crippen molar-refractivity contribution in [1.82, 2.24) is 19.4 Å². The fraction of sp³-hybridized carbons (Fsp3) is 0.222. The molecule has 4 heterocycles. The topological polar surface area (TPSA) is 69.5 Å². The fourth-order valence-electron chi connectivity index (χ4n) is 4.65. The van der Waals surface area contributed by atoms with Crippen molar-refractivity contribution in [3.63, 3.8) is 0 Å². The average molecular weight is 527 g/mol. The first-order valence-electron chi connectivity index (χ1n) is 11.1. The monoisotopic (exact) mass is 526 g/mol. The van der Waals surface area contributed by atoms with Crippen molar-refractivity contribution < 1.29 is 14.3 Å². The van der Waals surface area contributed by atoms with Crippen LogP contribution in [0.3, 0.4) is 0 Å². The number of pyridine rings is 2. The summed E-state index contributed by atoms with van der Waals surface area (Å²) in [4.78, 5) is 23.8. The standard InChI is InChI=1S/C27H26N4O3.2ClH/c1-30-26(18-8-12-28-13-9-18)21(22-5-4-11-29-27(22)30)6-7-25(32)31-14-10-19-15-23(33-2)24(34-3)16-20(19)17-31;;/h4-9,11-13,15-16H,10,14,17H2,1-3H3;2*1H. The molecule has 1 aliphatic rings. The molecule has 0 atom stereocenters. The second-order valence-electron chi connectivity index (χ2n) is 8.25. The summed E-state index contributed by atoms with van der Waals surface area (Å²) < 4.78 is 12.9. The van der Waals surface area contributed by atoms with Crippen LogP contribution in [0, 0.1) is 0 Å². The molecule has 0 aliphatic carbocycles. The van der Waals surface area contributed by atoms with E-state index in [1.807, 2.05) is 54.4 Å². The molecule has 0 bridgehead atoms. The van der Waals surface area contributed by atoms with E-state index in [1.165, 1.54) is 5.56 Å². The molecular weight excluding hydrogens is 499 g/mol. The number of carbonyl (C=O) groups is 1. The van der Waals surface area contributed by atoms with Crippen molar-refractivity contribution in [2.24, 2.45) is 7.05 Å². The lowest BCUT2D eigenvalue weighted by atomic mass is 9.98. The molecule has 4 aromatic rings. The SMILES string of the molecule is COc1cc2c(cc1OC)CN(C(=O)C=Cc1c(-c3ccncc3)n(C)c3ncccc13)CC2.Cl.Cl. The van der Waals surface area contributed by atoms with Gasteiger partial charge in [0.2, 0.25) is 5.91 Å².